The number of rotatable bonds is 3. The monoisotopic (exact) mass is 241 g/mol. The molecule has 5 heteroatoms. The Balaban J connectivity index is 3.00. The minimum atomic E-state index is -1.21. The van der Waals surface area contributed by atoms with E-state index in [2.05, 4.69) is 9.38 Å². The van der Waals surface area contributed by atoms with Crippen molar-refractivity contribution in [3.63, 3.8) is 0 Å². The van der Waals surface area contributed by atoms with E-state index in [4.69, 9.17) is 0 Å². The van der Waals surface area contributed by atoms with Crippen LogP contribution < -0.4 is 0 Å². The maximum Gasteiger partial charge on any atom is 0.144 e. The second-order valence-electron chi connectivity index (χ2n) is 4.64. The van der Waals surface area contributed by atoms with Crippen LogP contribution in [0.15, 0.2) is 16.9 Å². The summed E-state index contributed by atoms with van der Waals surface area (Å²) in [7, 11) is 1.91. The molecular formula is C11H19N3OS. The van der Waals surface area contributed by atoms with Gasteiger partial charge in [0.1, 0.15) is 21.8 Å². The Bertz CT molecular complexity index is 379. The molecule has 0 bridgehead atoms. The molecule has 0 amide bonds. The van der Waals surface area contributed by atoms with Gasteiger partial charge in [0.05, 0.1) is 18.2 Å². The zero-order valence-electron chi connectivity index (χ0n) is 10.5. The lowest BCUT2D eigenvalue weighted by Crippen LogP contribution is -2.27. The normalized spacial score (nSPS) is 15.2. The van der Waals surface area contributed by atoms with Crippen LogP contribution in [0.5, 0.6) is 0 Å². The van der Waals surface area contributed by atoms with E-state index in [9.17, 15) is 4.55 Å². The van der Waals surface area contributed by atoms with E-state index >= 15 is 0 Å². The molecule has 1 aromatic rings. The number of imidazole rings is 1. The van der Waals surface area contributed by atoms with Crippen molar-refractivity contribution < 1.29 is 4.55 Å². The highest BCUT2D eigenvalue weighted by Crippen LogP contribution is 2.18. The van der Waals surface area contributed by atoms with Gasteiger partial charge in [0.25, 0.3) is 0 Å². The SMILES string of the molecule is CC/C(=N\[S+]([O-])C(C)(C)C)c1cncn1C. The summed E-state index contributed by atoms with van der Waals surface area (Å²) in [6.45, 7) is 7.76. The Morgan fingerprint density at radius 1 is 1.56 bits per heavy atom. The molecule has 0 spiro atoms. The van der Waals surface area contributed by atoms with Crippen LogP contribution in [-0.2, 0) is 18.4 Å². The Kier molecular flexibility index (Phi) is 4.15. The standard InChI is InChI=1S/C11H19N3OS/c1-6-9(10-7-12-8-14(10)5)13-16(15)11(2,3)4/h7-8H,6H2,1-5H3/b13-9+. The van der Waals surface area contributed by atoms with Crippen LogP contribution >= 0.6 is 0 Å². The van der Waals surface area contributed by atoms with Crippen molar-refractivity contribution in [2.75, 3.05) is 0 Å². The lowest BCUT2D eigenvalue weighted by molar-refractivity contribution is 0.561. The van der Waals surface area contributed by atoms with E-state index in [1.165, 1.54) is 0 Å². The Morgan fingerprint density at radius 2 is 2.19 bits per heavy atom. The summed E-state index contributed by atoms with van der Waals surface area (Å²) in [6, 6.07) is 0. The van der Waals surface area contributed by atoms with Gasteiger partial charge in [0.15, 0.2) is 0 Å². The first-order valence-corrected chi connectivity index (χ1v) is 6.43. The molecule has 1 aromatic heterocycles. The number of hydrogen-bond donors (Lipinski definition) is 0. The molecule has 0 aliphatic rings. The average Bonchev–Trinajstić information content (AvgIpc) is 2.59. The molecule has 1 rings (SSSR count). The second-order valence-corrected chi connectivity index (χ2v) is 6.55. The summed E-state index contributed by atoms with van der Waals surface area (Å²) in [5, 5.41) is 0. The molecule has 1 atom stereocenters. The highest BCUT2D eigenvalue weighted by Gasteiger charge is 2.27. The topological polar surface area (TPSA) is 53.2 Å². The first kappa shape index (κ1) is 13.3. The van der Waals surface area contributed by atoms with E-state index in [1.807, 2.05) is 39.3 Å². The molecule has 0 radical (unpaired) electrons. The van der Waals surface area contributed by atoms with Gasteiger partial charge in [-0.2, -0.15) is 0 Å². The Hall–Kier alpha value is -0.810. The second kappa shape index (κ2) is 5.01. The van der Waals surface area contributed by atoms with Crippen LogP contribution in [-0.4, -0.2) is 24.6 Å². The van der Waals surface area contributed by atoms with Crippen LogP contribution in [0.4, 0.5) is 0 Å². The van der Waals surface area contributed by atoms with Crippen LogP contribution in [0.3, 0.4) is 0 Å². The fourth-order valence-electron chi connectivity index (χ4n) is 1.16. The van der Waals surface area contributed by atoms with Crippen LogP contribution in [0.1, 0.15) is 39.8 Å². The summed E-state index contributed by atoms with van der Waals surface area (Å²) in [6.07, 6.45) is 4.23. The third-order valence-corrected chi connectivity index (χ3v) is 3.60. The molecule has 0 saturated carbocycles. The Labute approximate surface area is 100 Å². The van der Waals surface area contributed by atoms with Gasteiger partial charge in [-0.3, -0.25) is 0 Å². The minimum Gasteiger partial charge on any atom is -0.591 e. The van der Waals surface area contributed by atoms with Crippen molar-refractivity contribution in [2.24, 2.45) is 11.4 Å². The summed E-state index contributed by atoms with van der Waals surface area (Å²) in [4.78, 5) is 4.04. The quantitative estimate of drug-likeness (QED) is 0.601. The number of aromatic nitrogens is 2. The number of hydrogen-bond acceptors (Lipinski definition) is 3. The highest BCUT2D eigenvalue weighted by molar-refractivity contribution is 7.91. The van der Waals surface area contributed by atoms with Crippen molar-refractivity contribution in [3.05, 3.63) is 18.2 Å². The summed E-state index contributed by atoms with van der Waals surface area (Å²) >= 11 is -1.21. The summed E-state index contributed by atoms with van der Waals surface area (Å²) in [5.41, 5.74) is 1.77. The van der Waals surface area contributed by atoms with Crippen LogP contribution in [0.2, 0.25) is 0 Å². The molecule has 0 aliphatic heterocycles. The van der Waals surface area contributed by atoms with Gasteiger partial charge in [-0.05, 0) is 27.2 Å². The maximum absolute atomic E-state index is 11.9. The van der Waals surface area contributed by atoms with Crippen LogP contribution in [0.25, 0.3) is 0 Å². The molecule has 90 valence electrons. The Morgan fingerprint density at radius 3 is 2.56 bits per heavy atom. The van der Waals surface area contributed by atoms with Gasteiger partial charge in [-0.1, -0.05) is 11.3 Å². The third kappa shape index (κ3) is 3.09. The van der Waals surface area contributed by atoms with E-state index in [0.717, 1.165) is 17.8 Å². The van der Waals surface area contributed by atoms with Gasteiger partial charge >= 0.3 is 0 Å². The third-order valence-electron chi connectivity index (χ3n) is 2.16. The number of nitrogens with zero attached hydrogens (tertiary/aromatic N) is 3. The maximum atomic E-state index is 11.9. The first-order chi connectivity index (χ1) is 7.36. The van der Waals surface area contributed by atoms with E-state index in [0.29, 0.717) is 0 Å². The number of aryl methyl sites for hydroxylation is 1. The molecule has 0 aliphatic carbocycles. The van der Waals surface area contributed by atoms with Crippen molar-refractivity contribution in [1.82, 2.24) is 9.55 Å². The zero-order valence-corrected chi connectivity index (χ0v) is 11.3. The van der Waals surface area contributed by atoms with Gasteiger partial charge in [0, 0.05) is 7.05 Å². The van der Waals surface area contributed by atoms with Crippen molar-refractivity contribution in [1.29, 1.82) is 0 Å². The summed E-state index contributed by atoms with van der Waals surface area (Å²) in [5.74, 6) is 0. The van der Waals surface area contributed by atoms with Crippen molar-refractivity contribution in [2.45, 2.75) is 38.9 Å². The lowest BCUT2D eigenvalue weighted by Gasteiger charge is -2.19. The predicted molar refractivity (Wildman–Crippen MR) is 67.9 cm³/mol. The zero-order chi connectivity index (χ0) is 12.3. The first-order valence-electron chi connectivity index (χ1n) is 5.32. The fraction of sp³-hybridized carbons (Fsp3) is 0.636. The molecule has 16 heavy (non-hydrogen) atoms. The van der Waals surface area contributed by atoms with Crippen molar-refractivity contribution in [3.8, 4) is 0 Å². The van der Waals surface area contributed by atoms with E-state index in [1.54, 1.807) is 12.5 Å². The largest absolute Gasteiger partial charge is 0.591 e. The molecule has 0 saturated heterocycles. The average molecular weight is 241 g/mol. The smallest absolute Gasteiger partial charge is 0.144 e. The molecule has 0 aromatic carbocycles. The lowest BCUT2D eigenvalue weighted by atomic mass is 10.2. The molecular weight excluding hydrogens is 222 g/mol. The molecule has 1 unspecified atom stereocenters. The minimum absolute atomic E-state index is 0.320. The van der Waals surface area contributed by atoms with Gasteiger partial charge in [-0.25, -0.2) is 4.98 Å². The van der Waals surface area contributed by atoms with Gasteiger partial charge in [-0.15, -0.1) is 0 Å². The molecule has 1 heterocycles. The van der Waals surface area contributed by atoms with Gasteiger partial charge in [0.2, 0.25) is 0 Å². The predicted octanol–water partition coefficient (Wildman–Crippen LogP) is 2.08. The van der Waals surface area contributed by atoms with Crippen LogP contribution in [0, 0.1) is 0 Å². The van der Waals surface area contributed by atoms with E-state index in [-0.39, 0.29) is 4.75 Å². The van der Waals surface area contributed by atoms with Crippen molar-refractivity contribution >= 4 is 17.1 Å². The summed E-state index contributed by atoms with van der Waals surface area (Å²) < 4.78 is 17.8. The highest BCUT2D eigenvalue weighted by atomic mass is 32.2. The molecule has 4 nitrogen and oxygen atoms in total. The van der Waals surface area contributed by atoms with E-state index < -0.39 is 11.4 Å². The fourth-order valence-corrected chi connectivity index (χ4v) is 1.86. The molecule has 0 fully saturated rings. The molecule has 0 N–H and O–H groups in total. The van der Waals surface area contributed by atoms with Gasteiger partial charge < -0.3 is 9.12 Å².